The molecule has 2 atom stereocenters. The average molecular weight is 438 g/mol. The van der Waals surface area contributed by atoms with E-state index in [2.05, 4.69) is 22.9 Å². The Labute approximate surface area is 185 Å². The number of hydroxylamine groups is 1. The minimum atomic E-state index is -1.12. The van der Waals surface area contributed by atoms with E-state index in [1.807, 2.05) is 36.4 Å². The quantitative estimate of drug-likeness (QED) is 0.518. The van der Waals surface area contributed by atoms with Crippen molar-refractivity contribution in [2.24, 2.45) is 5.92 Å². The molecule has 0 saturated heterocycles. The third-order valence-electron chi connectivity index (χ3n) is 5.94. The van der Waals surface area contributed by atoms with Crippen LogP contribution in [0.4, 0.5) is 4.79 Å². The summed E-state index contributed by atoms with van der Waals surface area (Å²) in [7, 11) is 0. The van der Waals surface area contributed by atoms with E-state index in [-0.39, 0.29) is 18.4 Å². The van der Waals surface area contributed by atoms with Gasteiger partial charge in [0.05, 0.1) is 0 Å². The van der Waals surface area contributed by atoms with Crippen LogP contribution >= 0.6 is 0 Å². The number of carboxylic acid groups (broad SMARTS) is 1. The number of nitrogens with one attached hydrogen (secondary N) is 2. The smallest absolute Gasteiger partial charge is 0.407 e. The summed E-state index contributed by atoms with van der Waals surface area (Å²) in [5, 5.41) is 11.7. The fraction of sp³-hybridized carbons (Fsp3) is 0.375. The molecule has 0 aromatic heterocycles. The van der Waals surface area contributed by atoms with Crippen LogP contribution in [0.2, 0.25) is 0 Å². The van der Waals surface area contributed by atoms with Gasteiger partial charge in [0, 0.05) is 5.92 Å². The minimum Gasteiger partial charge on any atom is -0.479 e. The first-order valence-corrected chi connectivity index (χ1v) is 10.8. The van der Waals surface area contributed by atoms with Crippen LogP contribution in [0.5, 0.6) is 0 Å². The average Bonchev–Trinajstić information content (AvgIpc) is 3.58. The molecule has 1 saturated carbocycles. The van der Waals surface area contributed by atoms with Gasteiger partial charge >= 0.3 is 12.1 Å². The molecule has 3 N–H and O–H groups in total. The molecule has 32 heavy (non-hydrogen) atoms. The highest BCUT2D eigenvalue weighted by atomic mass is 16.7. The van der Waals surface area contributed by atoms with E-state index in [0.717, 1.165) is 35.1 Å². The summed E-state index contributed by atoms with van der Waals surface area (Å²) in [5.74, 6) is -1.92. The van der Waals surface area contributed by atoms with Crippen molar-refractivity contribution < 1.29 is 29.1 Å². The van der Waals surface area contributed by atoms with Crippen molar-refractivity contribution in [3.05, 3.63) is 59.7 Å². The number of hydrogen-bond donors (Lipinski definition) is 3. The van der Waals surface area contributed by atoms with E-state index >= 15 is 0 Å². The molecular weight excluding hydrogens is 412 g/mol. The minimum absolute atomic E-state index is 0.0831. The number of carbonyl (C=O) groups excluding carboxylic acids is 2. The van der Waals surface area contributed by atoms with Gasteiger partial charge in [-0.15, -0.1) is 0 Å². The van der Waals surface area contributed by atoms with Gasteiger partial charge in [0.25, 0.3) is 5.91 Å². The van der Waals surface area contributed by atoms with Gasteiger partial charge in [-0.1, -0.05) is 55.5 Å². The van der Waals surface area contributed by atoms with Crippen LogP contribution in [0.25, 0.3) is 11.1 Å². The molecule has 2 aromatic rings. The summed E-state index contributed by atoms with van der Waals surface area (Å²) < 4.78 is 5.47. The molecular formula is C24H26N2O6. The Morgan fingerprint density at radius 2 is 1.62 bits per heavy atom. The second-order valence-corrected chi connectivity index (χ2v) is 8.11. The van der Waals surface area contributed by atoms with Gasteiger partial charge in [-0.2, -0.15) is 0 Å². The van der Waals surface area contributed by atoms with Gasteiger partial charge in [-0.3, -0.25) is 9.63 Å². The lowest BCUT2D eigenvalue weighted by molar-refractivity contribution is -0.163. The van der Waals surface area contributed by atoms with Crippen LogP contribution < -0.4 is 10.8 Å². The van der Waals surface area contributed by atoms with Crippen molar-refractivity contribution in [3.8, 4) is 11.1 Å². The van der Waals surface area contributed by atoms with Gasteiger partial charge in [-0.25, -0.2) is 15.1 Å². The number of ether oxygens (including phenoxy) is 1. The molecule has 2 aliphatic rings. The number of fused-ring (bicyclic) bond motifs is 3. The molecule has 2 unspecified atom stereocenters. The number of alkyl carbamates (subject to hydrolysis) is 1. The number of rotatable bonds is 9. The number of hydrogen-bond acceptors (Lipinski definition) is 5. The topological polar surface area (TPSA) is 114 Å². The van der Waals surface area contributed by atoms with Crippen LogP contribution in [-0.4, -0.2) is 41.8 Å². The van der Waals surface area contributed by atoms with Crippen molar-refractivity contribution in [2.45, 2.75) is 44.2 Å². The summed E-state index contributed by atoms with van der Waals surface area (Å²) >= 11 is 0. The van der Waals surface area contributed by atoms with E-state index in [1.54, 1.807) is 6.92 Å². The highest BCUT2D eigenvalue weighted by molar-refractivity contribution is 5.85. The van der Waals surface area contributed by atoms with Gasteiger partial charge in [0.15, 0.2) is 6.10 Å². The lowest BCUT2D eigenvalue weighted by atomic mass is 9.98. The summed E-state index contributed by atoms with van der Waals surface area (Å²) in [5.41, 5.74) is 6.63. The number of carbonyl (C=O) groups is 3. The Hall–Kier alpha value is -3.39. The van der Waals surface area contributed by atoms with E-state index < -0.39 is 30.1 Å². The van der Waals surface area contributed by atoms with Crippen molar-refractivity contribution >= 4 is 18.0 Å². The molecule has 0 heterocycles. The molecule has 1 fully saturated rings. The Morgan fingerprint density at radius 1 is 1.03 bits per heavy atom. The number of aliphatic carboxylic acids is 1. The lowest BCUT2D eigenvalue weighted by Gasteiger charge is -2.19. The summed E-state index contributed by atoms with van der Waals surface area (Å²) in [6, 6.07) is 15.1. The van der Waals surface area contributed by atoms with Gasteiger partial charge < -0.3 is 15.2 Å². The standard InChI is InChI=1S/C24H26N2O6/c1-2-20(22(27)26-32-21(23(28)29)14-11-12-14)25-24(30)31-13-19-17-9-5-3-7-15(17)16-8-4-6-10-18(16)19/h3-10,14,19-21H,2,11-13H2,1H3,(H,25,30)(H,26,27)(H,28,29). The Balaban J connectivity index is 1.33. The number of benzene rings is 2. The zero-order chi connectivity index (χ0) is 22.7. The van der Waals surface area contributed by atoms with Crippen LogP contribution in [0.3, 0.4) is 0 Å². The van der Waals surface area contributed by atoms with E-state index in [1.165, 1.54) is 0 Å². The third kappa shape index (κ3) is 4.60. The molecule has 8 heteroatoms. The summed E-state index contributed by atoms with van der Waals surface area (Å²) in [6.07, 6.45) is 0.00160. The SMILES string of the molecule is CCC(NC(=O)OCC1c2ccccc2-c2ccccc21)C(=O)NOC(C(=O)O)C1CC1. The molecule has 2 amide bonds. The monoisotopic (exact) mass is 438 g/mol. The van der Waals surface area contributed by atoms with Crippen LogP contribution in [-0.2, 0) is 19.2 Å². The van der Waals surface area contributed by atoms with Gasteiger partial charge in [0.2, 0.25) is 0 Å². The molecule has 2 aromatic carbocycles. The molecule has 4 rings (SSSR count). The molecule has 0 bridgehead atoms. The van der Waals surface area contributed by atoms with Crippen LogP contribution in [0.15, 0.2) is 48.5 Å². The van der Waals surface area contributed by atoms with Crippen molar-refractivity contribution in [3.63, 3.8) is 0 Å². The zero-order valence-electron chi connectivity index (χ0n) is 17.7. The Bertz CT molecular complexity index is 974. The van der Waals surface area contributed by atoms with Crippen molar-refractivity contribution in [1.82, 2.24) is 10.8 Å². The largest absolute Gasteiger partial charge is 0.479 e. The second-order valence-electron chi connectivity index (χ2n) is 8.11. The fourth-order valence-electron chi connectivity index (χ4n) is 4.08. The predicted octanol–water partition coefficient (Wildman–Crippen LogP) is 3.21. The maximum atomic E-state index is 12.4. The third-order valence-corrected chi connectivity index (χ3v) is 5.94. The molecule has 8 nitrogen and oxygen atoms in total. The molecule has 0 aliphatic heterocycles. The Kier molecular flexibility index (Phi) is 6.41. The highest BCUT2D eigenvalue weighted by Gasteiger charge is 2.38. The zero-order valence-corrected chi connectivity index (χ0v) is 17.7. The summed E-state index contributed by atoms with van der Waals surface area (Å²) in [4.78, 5) is 41.1. The van der Waals surface area contributed by atoms with Crippen LogP contribution in [0, 0.1) is 5.92 Å². The highest BCUT2D eigenvalue weighted by Crippen LogP contribution is 2.44. The lowest BCUT2D eigenvalue weighted by Crippen LogP contribution is -2.48. The van der Waals surface area contributed by atoms with Crippen molar-refractivity contribution in [2.75, 3.05) is 6.61 Å². The van der Waals surface area contributed by atoms with Crippen molar-refractivity contribution in [1.29, 1.82) is 0 Å². The predicted molar refractivity (Wildman–Crippen MR) is 116 cm³/mol. The maximum Gasteiger partial charge on any atom is 0.407 e. The first-order valence-electron chi connectivity index (χ1n) is 10.8. The molecule has 2 aliphatic carbocycles. The first-order chi connectivity index (χ1) is 15.5. The second kappa shape index (κ2) is 9.40. The first kappa shape index (κ1) is 21.8. The van der Waals surface area contributed by atoms with Crippen LogP contribution in [0.1, 0.15) is 43.2 Å². The maximum absolute atomic E-state index is 12.4. The van der Waals surface area contributed by atoms with E-state index in [4.69, 9.17) is 9.57 Å². The van der Waals surface area contributed by atoms with E-state index in [0.29, 0.717) is 6.42 Å². The summed E-state index contributed by atoms with van der Waals surface area (Å²) in [6.45, 7) is 1.86. The molecule has 0 radical (unpaired) electrons. The number of carboxylic acids is 1. The molecule has 168 valence electrons. The van der Waals surface area contributed by atoms with E-state index in [9.17, 15) is 19.5 Å². The normalized spacial score (nSPS) is 16.4. The molecule has 0 spiro atoms. The Morgan fingerprint density at radius 3 is 2.16 bits per heavy atom. The van der Waals surface area contributed by atoms with Gasteiger partial charge in [-0.05, 0) is 47.4 Å². The fourth-order valence-corrected chi connectivity index (χ4v) is 4.08. The number of amides is 2. The van der Waals surface area contributed by atoms with Gasteiger partial charge in [0.1, 0.15) is 12.6 Å².